The van der Waals surface area contributed by atoms with Crippen molar-refractivity contribution in [2.45, 2.75) is 18.8 Å². The summed E-state index contributed by atoms with van der Waals surface area (Å²) in [4.78, 5) is 1.64. The molecule has 0 bridgehead atoms. The zero-order valence-electron chi connectivity index (χ0n) is 11.2. The van der Waals surface area contributed by atoms with Gasteiger partial charge in [0.2, 0.25) is 0 Å². The largest absolute Gasteiger partial charge is 0.419 e. The third-order valence-electron chi connectivity index (χ3n) is 2.67. The van der Waals surface area contributed by atoms with Crippen LogP contribution in [0.1, 0.15) is 11.1 Å². The lowest BCUT2D eigenvalue weighted by Crippen LogP contribution is -2.31. The molecule has 7 heteroatoms. The predicted molar refractivity (Wildman–Crippen MR) is 65.6 cm³/mol. The lowest BCUT2D eigenvalue weighted by atomic mass is 10.1. The van der Waals surface area contributed by atoms with Gasteiger partial charge in [0.1, 0.15) is 5.82 Å². The molecule has 1 aromatic rings. The lowest BCUT2D eigenvalue weighted by molar-refractivity contribution is -0.140. The number of hydrogen-bond acceptors (Lipinski definition) is 3. The summed E-state index contributed by atoms with van der Waals surface area (Å²) in [5.74, 6) is -1.29. The molecular formula is C13H17F4NO2. The molecule has 0 saturated heterocycles. The van der Waals surface area contributed by atoms with E-state index in [9.17, 15) is 22.7 Å². The van der Waals surface area contributed by atoms with Crippen molar-refractivity contribution in [2.24, 2.45) is 0 Å². The molecule has 0 saturated carbocycles. The fourth-order valence-electron chi connectivity index (χ4n) is 1.87. The van der Waals surface area contributed by atoms with Crippen LogP contribution in [-0.4, -0.2) is 43.4 Å². The highest BCUT2D eigenvalue weighted by Gasteiger charge is 2.34. The number of rotatable bonds is 6. The maximum absolute atomic E-state index is 13.1. The Morgan fingerprint density at radius 2 is 2.00 bits per heavy atom. The number of nitrogens with zero attached hydrogens (tertiary/aromatic N) is 1. The van der Waals surface area contributed by atoms with Crippen LogP contribution in [0.5, 0.6) is 0 Å². The summed E-state index contributed by atoms with van der Waals surface area (Å²) in [6, 6.07) is 2.88. The summed E-state index contributed by atoms with van der Waals surface area (Å²) in [5, 5.41) is 9.52. The van der Waals surface area contributed by atoms with Gasteiger partial charge < -0.3 is 9.84 Å². The van der Waals surface area contributed by atoms with E-state index in [1.54, 1.807) is 11.9 Å². The molecule has 20 heavy (non-hydrogen) atoms. The summed E-state index contributed by atoms with van der Waals surface area (Å²) in [6.07, 6.45) is -5.44. The minimum absolute atomic E-state index is 0.140. The molecule has 0 aliphatic rings. The van der Waals surface area contributed by atoms with Crippen molar-refractivity contribution in [3.63, 3.8) is 0 Å². The first-order valence-corrected chi connectivity index (χ1v) is 5.95. The van der Waals surface area contributed by atoms with Crippen molar-refractivity contribution in [2.75, 3.05) is 27.3 Å². The average molecular weight is 295 g/mol. The standard InChI is InChI=1S/C13H17F4NO2/c1-18(7-10(19)8-20-2)6-9-3-4-12(14)11(5-9)13(15,16)17/h3-5,10,19H,6-8H2,1-2H3. The van der Waals surface area contributed by atoms with Gasteiger partial charge >= 0.3 is 6.18 Å². The maximum Gasteiger partial charge on any atom is 0.419 e. The molecule has 1 N–H and O–H groups in total. The van der Waals surface area contributed by atoms with E-state index < -0.39 is 23.7 Å². The van der Waals surface area contributed by atoms with Crippen LogP contribution in [0.2, 0.25) is 0 Å². The molecular weight excluding hydrogens is 278 g/mol. The van der Waals surface area contributed by atoms with Gasteiger partial charge in [-0.15, -0.1) is 0 Å². The van der Waals surface area contributed by atoms with Gasteiger partial charge in [-0.1, -0.05) is 6.07 Å². The first-order valence-electron chi connectivity index (χ1n) is 5.95. The zero-order chi connectivity index (χ0) is 15.3. The summed E-state index contributed by atoms with van der Waals surface area (Å²) in [5.41, 5.74) is -0.952. The van der Waals surface area contributed by atoms with E-state index in [0.29, 0.717) is 5.56 Å². The molecule has 0 aromatic heterocycles. The minimum Gasteiger partial charge on any atom is -0.389 e. The number of halogens is 4. The Morgan fingerprint density at radius 3 is 2.55 bits per heavy atom. The Balaban J connectivity index is 2.73. The predicted octanol–water partition coefficient (Wildman–Crippen LogP) is 2.28. The number of aliphatic hydroxyl groups is 1. The normalized spacial score (nSPS) is 13.8. The third kappa shape index (κ3) is 5.07. The van der Waals surface area contributed by atoms with Gasteiger partial charge in [0.05, 0.1) is 18.3 Å². The minimum atomic E-state index is -4.71. The Labute approximate surface area is 114 Å². The van der Waals surface area contributed by atoms with E-state index in [0.717, 1.165) is 12.1 Å². The second kappa shape index (κ2) is 7.01. The quantitative estimate of drug-likeness (QED) is 0.817. The topological polar surface area (TPSA) is 32.7 Å². The molecule has 0 fully saturated rings. The molecule has 1 unspecified atom stereocenters. The van der Waals surface area contributed by atoms with Crippen LogP contribution >= 0.6 is 0 Å². The first kappa shape index (κ1) is 16.9. The molecule has 0 amide bonds. The van der Waals surface area contributed by atoms with Crippen LogP contribution in [0.25, 0.3) is 0 Å². The number of aliphatic hydroxyl groups excluding tert-OH is 1. The second-order valence-corrected chi connectivity index (χ2v) is 4.62. The molecule has 0 radical (unpaired) electrons. The molecule has 3 nitrogen and oxygen atoms in total. The summed E-state index contributed by atoms with van der Waals surface area (Å²) in [7, 11) is 3.09. The van der Waals surface area contributed by atoms with Crippen LogP contribution in [0.4, 0.5) is 17.6 Å². The lowest BCUT2D eigenvalue weighted by Gasteiger charge is -2.20. The number of benzene rings is 1. The van der Waals surface area contributed by atoms with Gasteiger partial charge in [-0.2, -0.15) is 13.2 Å². The first-order chi connectivity index (χ1) is 9.24. The Bertz CT molecular complexity index is 437. The van der Waals surface area contributed by atoms with Gasteiger partial charge in [-0.25, -0.2) is 4.39 Å². The van der Waals surface area contributed by atoms with Gasteiger partial charge in [0.25, 0.3) is 0 Å². The summed E-state index contributed by atoms with van der Waals surface area (Å²) >= 11 is 0. The van der Waals surface area contributed by atoms with Crippen LogP contribution in [0.15, 0.2) is 18.2 Å². The monoisotopic (exact) mass is 295 g/mol. The van der Waals surface area contributed by atoms with Crippen LogP contribution < -0.4 is 0 Å². The molecule has 0 spiro atoms. The van der Waals surface area contributed by atoms with Crippen molar-refractivity contribution in [1.82, 2.24) is 4.90 Å². The van der Waals surface area contributed by atoms with E-state index in [-0.39, 0.29) is 19.7 Å². The van der Waals surface area contributed by atoms with Gasteiger partial charge in [-0.3, -0.25) is 4.90 Å². The van der Waals surface area contributed by atoms with Crippen molar-refractivity contribution in [3.05, 3.63) is 35.1 Å². The third-order valence-corrected chi connectivity index (χ3v) is 2.67. The van der Waals surface area contributed by atoms with E-state index in [4.69, 9.17) is 4.74 Å². The number of hydrogen-bond donors (Lipinski definition) is 1. The highest BCUT2D eigenvalue weighted by molar-refractivity contribution is 5.27. The smallest absolute Gasteiger partial charge is 0.389 e. The number of methoxy groups -OCH3 is 1. The van der Waals surface area contributed by atoms with Gasteiger partial charge in [0.15, 0.2) is 0 Å². The van der Waals surface area contributed by atoms with Crippen molar-refractivity contribution >= 4 is 0 Å². The highest BCUT2D eigenvalue weighted by Crippen LogP contribution is 2.32. The molecule has 1 atom stereocenters. The fraction of sp³-hybridized carbons (Fsp3) is 0.538. The molecule has 1 aromatic carbocycles. The molecule has 0 aliphatic carbocycles. The summed E-state index contributed by atoms with van der Waals surface area (Å²) < 4.78 is 55.6. The van der Waals surface area contributed by atoms with Crippen LogP contribution in [-0.2, 0) is 17.5 Å². The van der Waals surface area contributed by atoms with E-state index in [2.05, 4.69) is 0 Å². The Kier molecular flexibility index (Phi) is 5.91. The van der Waals surface area contributed by atoms with E-state index in [1.165, 1.54) is 13.2 Å². The van der Waals surface area contributed by atoms with E-state index >= 15 is 0 Å². The van der Waals surface area contributed by atoms with E-state index in [1.807, 2.05) is 0 Å². The molecule has 114 valence electrons. The average Bonchev–Trinajstić information content (AvgIpc) is 2.30. The van der Waals surface area contributed by atoms with Crippen molar-refractivity contribution < 1.29 is 27.4 Å². The maximum atomic E-state index is 13.1. The number of likely N-dealkylation sites (N-methyl/N-ethyl adjacent to an activating group) is 1. The van der Waals surface area contributed by atoms with Crippen LogP contribution in [0, 0.1) is 5.82 Å². The van der Waals surface area contributed by atoms with Gasteiger partial charge in [0, 0.05) is 20.2 Å². The number of alkyl halides is 3. The zero-order valence-corrected chi connectivity index (χ0v) is 11.2. The van der Waals surface area contributed by atoms with Crippen molar-refractivity contribution in [3.8, 4) is 0 Å². The van der Waals surface area contributed by atoms with Crippen LogP contribution in [0.3, 0.4) is 0 Å². The second-order valence-electron chi connectivity index (χ2n) is 4.62. The van der Waals surface area contributed by atoms with Gasteiger partial charge in [-0.05, 0) is 24.7 Å². The molecule has 0 heterocycles. The number of ether oxygens (including phenoxy) is 1. The Morgan fingerprint density at radius 1 is 1.35 bits per heavy atom. The SMILES string of the molecule is COCC(O)CN(C)Cc1ccc(F)c(C(F)(F)F)c1. The summed E-state index contributed by atoms with van der Waals surface area (Å²) in [6.45, 7) is 0.554. The Hall–Kier alpha value is -1.18. The molecule has 1 rings (SSSR count). The fourth-order valence-corrected chi connectivity index (χ4v) is 1.87. The highest BCUT2D eigenvalue weighted by atomic mass is 19.4. The molecule has 0 aliphatic heterocycles. The van der Waals surface area contributed by atoms with Crippen molar-refractivity contribution in [1.29, 1.82) is 0 Å².